The fraction of sp³-hybridized carbons (Fsp3) is 0.378. The summed E-state index contributed by atoms with van der Waals surface area (Å²) in [6.45, 7) is 9.66. The number of carbonyl (C=O) groups is 4. The third-order valence-corrected chi connectivity index (χ3v) is 10.2. The number of carbonyl (C=O) groups excluding carboxylic acids is 4. The zero-order chi connectivity index (χ0) is 43.1. The number of anilines is 1. The maximum absolute atomic E-state index is 14.1. The van der Waals surface area contributed by atoms with Gasteiger partial charge in [-0.3, -0.25) is 19.2 Å². The summed E-state index contributed by atoms with van der Waals surface area (Å²) < 4.78 is 35.5. The normalized spacial score (nSPS) is 13.5. The Morgan fingerprint density at radius 2 is 1.32 bits per heavy atom. The van der Waals surface area contributed by atoms with Crippen molar-refractivity contribution in [3.8, 4) is 5.75 Å². The van der Waals surface area contributed by atoms with Crippen molar-refractivity contribution >= 4 is 39.4 Å². The number of para-hydroxylation sites is 1. The van der Waals surface area contributed by atoms with Crippen LogP contribution < -0.4 is 25.0 Å². The number of amides is 4. The molecule has 14 heteroatoms. The van der Waals surface area contributed by atoms with E-state index in [1.807, 2.05) is 94.4 Å². The molecule has 0 spiro atoms. The van der Waals surface area contributed by atoms with Crippen molar-refractivity contribution in [2.45, 2.75) is 72.4 Å². The lowest BCUT2D eigenvalue weighted by Gasteiger charge is -2.30. The van der Waals surface area contributed by atoms with Crippen molar-refractivity contribution in [2.24, 2.45) is 17.8 Å². The maximum atomic E-state index is 14.1. The molecule has 13 nitrogen and oxygen atoms in total. The number of aliphatic hydroxyl groups is 1. The van der Waals surface area contributed by atoms with E-state index in [2.05, 4.69) is 16.0 Å². The Labute approximate surface area is 347 Å². The van der Waals surface area contributed by atoms with E-state index < -0.39 is 51.9 Å². The van der Waals surface area contributed by atoms with E-state index in [4.69, 9.17) is 8.92 Å². The molecular formula is C45H56N4O9S. The third-order valence-electron chi connectivity index (χ3n) is 9.68. The molecule has 0 bridgehead atoms. The summed E-state index contributed by atoms with van der Waals surface area (Å²) in [5.74, 6) is -3.61. The number of ether oxygens (including phenoxy) is 1. The van der Waals surface area contributed by atoms with Crippen LogP contribution in [0.15, 0.2) is 109 Å². The Balaban J connectivity index is 1.59. The highest BCUT2D eigenvalue weighted by Crippen LogP contribution is 2.25. The molecule has 0 aliphatic carbocycles. The third kappa shape index (κ3) is 14.3. The SMILES string of the molecule is CCN(C(=O)c1cc(OS(C)(=O)=O)cc(C(=O)NC(COCc2ccccc2)C(O)CC(C(=O)NC(C(=O)NCc2ccccc2)C(C)C)C(C)C)c1)c1ccccc1. The summed E-state index contributed by atoms with van der Waals surface area (Å²) in [6, 6.07) is 29.4. The van der Waals surface area contributed by atoms with Crippen molar-refractivity contribution in [1.29, 1.82) is 0 Å². The first-order valence-corrected chi connectivity index (χ1v) is 21.5. The highest BCUT2D eigenvalue weighted by Gasteiger charge is 2.34. The van der Waals surface area contributed by atoms with Gasteiger partial charge in [0.05, 0.1) is 31.6 Å². The van der Waals surface area contributed by atoms with Gasteiger partial charge in [-0.15, -0.1) is 0 Å². The Hall–Kier alpha value is -5.57. The summed E-state index contributed by atoms with van der Waals surface area (Å²) in [5, 5.41) is 20.4. The van der Waals surface area contributed by atoms with Crippen LogP contribution in [0.2, 0.25) is 0 Å². The zero-order valence-corrected chi connectivity index (χ0v) is 35.3. The second kappa shape index (κ2) is 22.0. The summed E-state index contributed by atoms with van der Waals surface area (Å²) in [7, 11) is -4.06. The Kier molecular flexibility index (Phi) is 17.2. The summed E-state index contributed by atoms with van der Waals surface area (Å²) in [4.78, 5) is 56.6. The standard InChI is InChI=1S/C45H56N4O9S/c1-7-49(36-21-15-10-16-22-36)45(54)35-23-34(24-37(25-35)58-59(6,55)56)42(51)47-39(29-57-28-33-19-13-9-14-20-33)40(50)26-38(30(2)3)43(52)48-41(31(4)5)44(53)46-27-32-17-11-8-12-18-32/h8-25,30-31,38-41,50H,7,26-29H2,1-6H3,(H,46,53)(H,47,51)(H,48,52). The van der Waals surface area contributed by atoms with Gasteiger partial charge in [-0.25, -0.2) is 0 Å². The van der Waals surface area contributed by atoms with E-state index in [-0.39, 0.29) is 67.3 Å². The Bertz CT molecular complexity index is 2100. The molecule has 0 radical (unpaired) electrons. The smallest absolute Gasteiger partial charge is 0.306 e. The fourth-order valence-electron chi connectivity index (χ4n) is 6.46. The van der Waals surface area contributed by atoms with Crippen molar-refractivity contribution < 1.29 is 41.6 Å². The monoisotopic (exact) mass is 828 g/mol. The average Bonchev–Trinajstić information content (AvgIpc) is 3.20. The van der Waals surface area contributed by atoms with Gasteiger partial charge in [-0.05, 0) is 66.6 Å². The van der Waals surface area contributed by atoms with Gasteiger partial charge < -0.3 is 34.9 Å². The van der Waals surface area contributed by atoms with Crippen LogP contribution in [0.4, 0.5) is 5.69 Å². The van der Waals surface area contributed by atoms with E-state index in [0.717, 1.165) is 17.4 Å². The highest BCUT2D eigenvalue weighted by atomic mass is 32.2. The van der Waals surface area contributed by atoms with E-state index in [1.54, 1.807) is 31.2 Å². The predicted octanol–water partition coefficient (Wildman–Crippen LogP) is 5.49. The van der Waals surface area contributed by atoms with Gasteiger partial charge in [-0.2, -0.15) is 8.42 Å². The fourth-order valence-corrected chi connectivity index (χ4v) is 6.90. The van der Waals surface area contributed by atoms with E-state index in [9.17, 15) is 32.7 Å². The molecule has 0 aliphatic heterocycles. The van der Waals surface area contributed by atoms with Gasteiger partial charge in [0.25, 0.3) is 11.8 Å². The molecule has 4 aromatic carbocycles. The number of rotatable bonds is 21. The molecule has 0 aromatic heterocycles. The molecular weight excluding hydrogens is 773 g/mol. The lowest BCUT2D eigenvalue weighted by Crippen LogP contribution is -2.53. The minimum absolute atomic E-state index is 0.0107. The number of nitrogens with one attached hydrogen (secondary N) is 3. The van der Waals surface area contributed by atoms with Crippen LogP contribution >= 0.6 is 0 Å². The minimum atomic E-state index is -4.06. The van der Waals surface area contributed by atoms with Crippen LogP contribution in [-0.2, 0) is 37.6 Å². The molecule has 4 atom stereocenters. The number of aliphatic hydroxyl groups excluding tert-OH is 1. The van der Waals surface area contributed by atoms with Gasteiger partial charge in [-0.1, -0.05) is 107 Å². The summed E-state index contributed by atoms with van der Waals surface area (Å²) in [6.07, 6.45) is -0.590. The van der Waals surface area contributed by atoms with Crippen molar-refractivity contribution in [1.82, 2.24) is 16.0 Å². The first-order chi connectivity index (χ1) is 28.1. The molecule has 4 rings (SSSR count). The molecule has 4 aromatic rings. The quantitative estimate of drug-likeness (QED) is 0.0791. The zero-order valence-electron chi connectivity index (χ0n) is 34.5. The number of benzene rings is 4. The van der Waals surface area contributed by atoms with Crippen LogP contribution in [-0.4, -0.2) is 74.7 Å². The molecule has 4 unspecified atom stereocenters. The van der Waals surface area contributed by atoms with Gasteiger partial charge in [0.15, 0.2) is 0 Å². The molecule has 316 valence electrons. The van der Waals surface area contributed by atoms with Crippen LogP contribution in [0.3, 0.4) is 0 Å². The van der Waals surface area contributed by atoms with E-state index in [0.29, 0.717) is 5.69 Å². The first kappa shape index (κ1) is 46.1. The van der Waals surface area contributed by atoms with Gasteiger partial charge >= 0.3 is 10.1 Å². The Morgan fingerprint density at radius 1 is 0.746 bits per heavy atom. The van der Waals surface area contributed by atoms with E-state index >= 15 is 0 Å². The van der Waals surface area contributed by atoms with Crippen LogP contribution in [0.5, 0.6) is 5.75 Å². The Morgan fingerprint density at radius 3 is 1.88 bits per heavy atom. The molecule has 0 saturated carbocycles. The summed E-state index contributed by atoms with van der Waals surface area (Å²) >= 11 is 0. The van der Waals surface area contributed by atoms with Crippen molar-refractivity contribution in [3.63, 3.8) is 0 Å². The average molecular weight is 829 g/mol. The molecule has 0 saturated heterocycles. The van der Waals surface area contributed by atoms with Gasteiger partial charge in [0.1, 0.15) is 11.8 Å². The van der Waals surface area contributed by atoms with Crippen molar-refractivity contribution in [3.05, 3.63) is 131 Å². The van der Waals surface area contributed by atoms with Crippen LogP contribution in [0, 0.1) is 17.8 Å². The molecule has 0 heterocycles. The van der Waals surface area contributed by atoms with Crippen molar-refractivity contribution in [2.75, 3.05) is 24.3 Å². The van der Waals surface area contributed by atoms with Gasteiger partial charge in [0.2, 0.25) is 11.8 Å². The van der Waals surface area contributed by atoms with Gasteiger partial charge in [0, 0.05) is 35.8 Å². The summed E-state index contributed by atoms with van der Waals surface area (Å²) in [5.41, 5.74) is 2.23. The topological polar surface area (TPSA) is 180 Å². The first-order valence-electron chi connectivity index (χ1n) is 19.7. The molecule has 59 heavy (non-hydrogen) atoms. The number of nitrogens with zero attached hydrogens (tertiary/aromatic N) is 1. The predicted molar refractivity (Wildman–Crippen MR) is 227 cm³/mol. The minimum Gasteiger partial charge on any atom is -0.391 e. The molecule has 4 N–H and O–H groups in total. The van der Waals surface area contributed by atoms with Crippen LogP contribution in [0.25, 0.3) is 0 Å². The number of hydrogen-bond donors (Lipinski definition) is 4. The lowest BCUT2D eigenvalue weighted by molar-refractivity contribution is -0.134. The molecule has 0 aliphatic rings. The highest BCUT2D eigenvalue weighted by molar-refractivity contribution is 7.86. The molecule has 0 fully saturated rings. The van der Waals surface area contributed by atoms with Crippen LogP contribution in [0.1, 0.15) is 72.9 Å². The largest absolute Gasteiger partial charge is 0.391 e. The maximum Gasteiger partial charge on any atom is 0.306 e. The lowest BCUT2D eigenvalue weighted by atomic mass is 9.86. The van der Waals surface area contributed by atoms with E-state index in [1.165, 1.54) is 23.1 Å². The molecule has 4 amide bonds. The second-order valence-electron chi connectivity index (χ2n) is 15.1. The number of hydrogen-bond acceptors (Lipinski definition) is 9. The second-order valence-corrected chi connectivity index (χ2v) is 16.7.